The van der Waals surface area contributed by atoms with Crippen LogP contribution in [0.2, 0.25) is 0 Å². The largest absolute Gasteiger partial charge is 0.507 e. The van der Waals surface area contributed by atoms with E-state index in [0.717, 1.165) is 68.0 Å². The molecule has 5 nitrogen and oxygen atoms in total. The van der Waals surface area contributed by atoms with Crippen molar-refractivity contribution in [2.75, 3.05) is 33.4 Å². The first-order valence-electron chi connectivity index (χ1n) is 11.6. The first-order chi connectivity index (χ1) is 16.5. The Kier molecular flexibility index (Phi) is 4.80. The first kappa shape index (κ1) is 21.0. The van der Waals surface area contributed by atoms with E-state index in [9.17, 15) is 10.2 Å². The fourth-order valence-electron chi connectivity index (χ4n) is 5.60. The van der Waals surface area contributed by atoms with Gasteiger partial charge in [-0.2, -0.15) is 0 Å². The lowest BCUT2D eigenvalue weighted by Gasteiger charge is -2.37. The van der Waals surface area contributed by atoms with E-state index in [2.05, 4.69) is 17.1 Å². The second-order valence-corrected chi connectivity index (χ2v) is 9.09. The highest BCUT2D eigenvalue weighted by Gasteiger charge is 2.39. The first-order valence-corrected chi connectivity index (χ1v) is 11.6. The highest BCUT2D eigenvalue weighted by molar-refractivity contribution is 5.99. The standard InChI is InChI=1S/C29H27NO4/c1-18-26(33-2)9-8-22-23-15-19-14-21(30-10-12-34-13-11-30)17-29(32,20-6-4-3-5-7-20)28(19)24(23)16-25(31)27(18)22/h3-9,14-17,31-32H,10-13H2,1-2H3. The van der Waals surface area contributed by atoms with Crippen LogP contribution < -0.4 is 15.2 Å². The van der Waals surface area contributed by atoms with Gasteiger partial charge in [0.2, 0.25) is 0 Å². The van der Waals surface area contributed by atoms with Gasteiger partial charge in [0.15, 0.2) is 0 Å². The molecule has 5 heteroatoms. The van der Waals surface area contributed by atoms with Crippen molar-refractivity contribution < 1.29 is 19.7 Å². The van der Waals surface area contributed by atoms with Gasteiger partial charge in [-0.25, -0.2) is 0 Å². The molecule has 2 N–H and O–H groups in total. The molecule has 172 valence electrons. The fraction of sp³-hybridized carbons (Fsp3) is 0.241. The Morgan fingerprint density at radius 1 is 1.03 bits per heavy atom. The molecule has 0 saturated carbocycles. The number of morpholine rings is 1. The molecule has 0 spiro atoms. The van der Waals surface area contributed by atoms with Crippen molar-refractivity contribution in [3.63, 3.8) is 0 Å². The Hall–Kier alpha value is -3.54. The van der Waals surface area contributed by atoms with Crippen molar-refractivity contribution in [3.8, 4) is 11.5 Å². The molecule has 1 atom stereocenters. The number of aliphatic hydroxyl groups is 1. The SMILES string of the molecule is COc1ccc2c3c(cc(O)c2c1C)=C1C(=CC(N2CCOCC2)=CC1(O)c1ccccc1)C=3. The number of ether oxygens (including phenoxy) is 2. The summed E-state index contributed by atoms with van der Waals surface area (Å²) in [4.78, 5) is 2.27. The number of fused-ring (bicyclic) bond motifs is 4. The summed E-state index contributed by atoms with van der Waals surface area (Å²) in [7, 11) is 1.64. The van der Waals surface area contributed by atoms with Gasteiger partial charge in [0.1, 0.15) is 17.1 Å². The number of allylic oxidation sites excluding steroid dienone is 1. The predicted molar refractivity (Wildman–Crippen MR) is 133 cm³/mol. The molecule has 34 heavy (non-hydrogen) atoms. The van der Waals surface area contributed by atoms with Crippen LogP contribution in [0.15, 0.2) is 72.0 Å². The van der Waals surface area contributed by atoms with Crippen LogP contribution in [-0.2, 0) is 10.3 Å². The number of methoxy groups -OCH3 is 1. The minimum atomic E-state index is -1.33. The van der Waals surface area contributed by atoms with Crippen LogP contribution in [0.3, 0.4) is 0 Å². The van der Waals surface area contributed by atoms with Crippen LogP contribution >= 0.6 is 0 Å². The molecule has 1 fully saturated rings. The Balaban J connectivity index is 1.68. The number of hydrogen-bond donors (Lipinski definition) is 2. The molecule has 1 saturated heterocycles. The van der Waals surface area contributed by atoms with Gasteiger partial charge >= 0.3 is 0 Å². The summed E-state index contributed by atoms with van der Waals surface area (Å²) in [5.41, 5.74) is 3.12. The van der Waals surface area contributed by atoms with E-state index in [0.29, 0.717) is 13.2 Å². The minimum absolute atomic E-state index is 0.186. The Labute approximate surface area is 198 Å². The van der Waals surface area contributed by atoms with Crippen molar-refractivity contribution >= 4 is 22.4 Å². The molecule has 6 rings (SSSR count). The number of rotatable bonds is 3. The second-order valence-electron chi connectivity index (χ2n) is 9.09. The normalized spacial score (nSPS) is 21.5. The molecular weight excluding hydrogens is 426 g/mol. The van der Waals surface area contributed by atoms with E-state index in [4.69, 9.17) is 9.47 Å². The number of hydrogen-bond acceptors (Lipinski definition) is 5. The molecule has 3 aromatic carbocycles. The van der Waals surface area contributed by atoms with Gasteiger partial charge < -0.3 is 24.6 Å². The van der Waals surface area contributed by atoms with Gasteiger partial charge in [0.05, 0.1) is 20.3 Å². The maximum atomic E-state index is 12.3. The topological polar surface area (TPSA) is 62.2 Å². The predicted octanol–water partition coefficient (Wildman–Crippen LogP) is 2.85. The summed E-state index contributed by atoms with van der Waals surface area (Å²) in [5.74, 6) is 0.924. The van der Waals surface area contributed by atoms with Gasteiger partial charge in [0, 0.05) is 35.3 Å². The van der Waals surface area contributed by atoms with Crippen LogP contribution in [0.25, 0.3) is 22.4 Å². The molecule has 0 aromatic heterocycles. The quantitative estimate of drug-likeness (QED) is 0.639. The van der Waals surface area contributed by atoms with Crippen LogP contribution in [0.1, 0.15) is 11.1 Å². The van der Waals surface area contributed by atoms with Crippen LogP contribution in [0.5, 0.6) is 11.5 Å². The average Bonchev–Trinajstić information content (AvgIpc) is 3.24. The highest BCUT2D eigenvalue weighted by Crippen LogP contribution is 2.43. The number of phenols is 1. The van der Waals surface area contributed by atoms with Gasteiger partial charge in [-0.1, -0.05) is 30.3 Å². The van der Waals surface area contributed by atoms with Crippen molar-refractivity contribution in [3.05, 3.63) is 93.5 Å². The zero-order valence-corrected chi connectivity index (χ0v) is 19.3. The van der Waals surface area contributed by atoms with E-state index in [-0.39, 0.29) is 5.75 Å². The van der Waals surface area contributed by atoms with Gasteiger partial charge in [-0.05, 0) is 70.3 Å². The summed E-state index contributed by atoms with van der Waals surface area (Å²) >= 11 is 0. The zero-order valence-electron chi connectivity index (χ0n) is 19.3. The molecule has 3 aromatic rings. The summed E-state index contributed by atoms with van der Waals surface area (Å²) in [6, 6.07) is 15.5. The zero-order chi connectivity index (χ0) is 23.4. The molecule has 0 bridgehead atoms. The minimum Gasteiger partial charge on any atom is -0.507 e. The second kappa shape index (κ2) is 7.76. The maximum absolute atomic E-state index is 12.3. The fourth-order valence-corrected chi connectivity index (χ4v) is 5.60. The monoisotopic (exact) mass is 453 g/mol. The van der Waals surface area contributed by atoms with Crippen LogP contribution in [-0.4, -0.2) is 48.5 Å². The third-order valence-electron chi connectivity index (χ3n) is 7.24. The third-order valence-corrected chi connectivity index (χ3v) is 7.24. The highest BCUT2D eigenvalue weighted by atomic mass is 16.5. The van der Waals surface area contributed by atoms with Crippen molar-refractivity contribution in [2.45, 2.75) is 12.5 Å². The van der Waals surface area contributed by atoms with E-state index >= 15 is 0 Å². The molecule has 2 aliphatic carbocycles. The van der Waals surface area contributed by atoms with E-state index < -0.39 is 5.60 Å². The van der Waals surface area contributed by atoms with Crippen LogP contribution in [0.4, 0.5) is 0 Å². The molecule has 1 unspecified atom stereocenters. The third kappa shape index (κ3) is 3.01. The van der Waals surface area contributed by atoms with Gasteiger partial charge in [-0.3, -0.25) is 0 Å². The number of aryl methyl sites for hydroxylation is 1. The Bertz CT molecular complexity index is 1500. The number of benzene rings is 3. The molecule has 0 amide bonds. The summed E-state index contributed by atoms with van der Waals surface area (Å²) in [6.07, 6.45) is 6.24. The van der Waals surface area contributed by atoms with Crippen molar-refractivity contribution in [2.24, 2.45) is 0 Å². The van der Waals surface area contributed by atoms with Crippen molar-refractivity contribution in [1.29, 1.82) is 0 Å². The smallest absolute Gasteiger partial charge is 0.137 e. The number of nitrogens with zero attached hydrogens (tertiary/aromatic N) is 1. The van der Waals surface area contributed by atoms with E-state index in [1.165, 1.54) is 0 Å². The average molecular weight is 454 g/mol. The molecule has 0 radical (unpaired) electrons. The summed E-state index contributed by atoms with van der Waals surface area (Å²) in [5, 5.41) is 27.0. The lowest BCUT2D eigenvalue weighted by atomic mass is 9.78. The molecule has 1 heterocycles. The van der Waals surface area contributed by atoms with Crippen LogP contribution in [0, 0.1) is 6.92 Å². The van der Waals surface area contributed by atoms with E-state index in [1.54, 1.807) is 13.2 Å². The lowest BCUT2D eigenvalue weighted by Crippen LogP contribution is -2.39. The van der Waals surface area contributed by atoms with E-state index in [1.807, 2.05) is 55.5 Å². The number of phenolic OH excluding ortho intramolecular Hbond substituents is 1. The molecule has 3 aliphatic rings. The molecule has 1 aliphatic heterocycles. The Morgan fingerprint density at radius 3 is 2.53 bits per heavy atom. The summed E-state index contributed by atoms with van der Waals surface area (Å²) < 4.78 is 11.0. The van der Waals surface area contributed by atoms with Gasteiger partial charge in [0.25, 0.3) is 0 Å². The van der Waals surface area contributed by atoms with Crippen molar-refractivity contribution in [1.82, 2.24) is 4.90 Å². The summed E-state index contributed by atoms with van der Waals surface area (Å²) in [6.45, 7) is 4.87. The Morgan fingerprint density at radius 2 is 1.79 bits per heavy atom. The molecular formula is C29H27NO4. The number of aromatic hydroxyl groups is 1. The maximum Gasteiger partial charge on any atom is 0.137 e. The lowest BCUT2D eigenvalue weighted by molar-refractivity contribution is 0.0533. The van der Waals surface area contributed by atoms with Gasteiger partial charge in [-0.15, -0.1) is 0 Å².